The largest absolute Gasteiger partial charge is 0.444 e. The molecular weight excluding hydrogens is 745 g/mol. The summed E-state index contributed by atoms with van der Waals surface area (Å²) in [6.45, 7) is 15.4. The minimum Gasteiger partial charge on any atom is -0.444 e. The molecule has 3 rings (SSSR count). The minimum absolute atomic E-state index is 0.0754. The molecule has 10 nitrogen and oxygen atoms in total. The van der Waals surface area contributed by atoms with Crippen molar-refractivity contribution in [3.8, 4) is 0 Å². The van der Waals surface area contributed by atoms with Gasteiger partial charge in [-0.2, -0.15) is 26.3 Å². The number of alkyl carbamates (subject to hydrolysis) is 1. The number of carbonyl (C=O) groups excluding carboxylic acids is 1. The molecule has 1 aliphatic carbocycles. The number of rotatable bonds is 17. The van der Waals surface area contributed by atoms with E-state index in [2.05, 4.69) is 29.7 Å². The smallest absolute Gasteiger partial charge is 0.414 e. The molecule has 3 N–H and O–H groups in total. The van der Waals surface area contributed by atoms with E-state index < -0.39 is 84.7 Å². The molecular formula is C35H57F6N5O5SSi. The van der Waals surface area contributed by atoms with Gasteiger partial charge >= 0.3 is 18.4 Å². The molecule has 1 fully saturated rings. The molecule has 1 amide bonds. The lowest BCUT2D eigenvalue weighted by Crippen LogP contribution is -2.52. The van der Waals surface area contributed by atoms with Crippen LogP contribution in [0.15, 0.2) is 18.2 Å². The quantitative estimate of drug-likeness (QED) is 0.0838. The van der Waals surface area contributed by atoms with E-state index in [1.165, 1.54) is 27.7 Å². The van der Waals surface area contributed by atoms with Crippen LogP contribution in [0.4, 0.5) is 31.1 Å². The molecule has 0 radical (unpaired) electrons. The molecule has 1 unspecified atom stereocenters. The minimum atomic E-state index is -5.20. The normalized spacial score (nSPS) is 19.2. The van der Waals surface area contributed by atoms with Crippen LogP contribution < -0.4 is 15.4 Å². The Labute approximate surface area is 315 Å². The Balaban J connectivity index is 2.13. The summed E-state index contributed by atoms with van der Waals surface area (Å²) in [4.78, 5) is 17.2. The fourth-order valence-electron chi connectivity index (χ4n) is 5.10. The van der Waals surface area contributed by atoms with E-state index in [0.717, 1.165) is 13.0 Å². The Morgan fingerprint density at radius 1 is 1.06 bits per heavy atom. The van der Waals surface area contributed by atoms with E-state index in [9.17, 15) is 35.3 Å². The molecule has 0 spiro atoms. The highest BCUT2D eigenvalue weighted by Crippen LogP contribution is 2.42. The molecule has 1 aromatic heterocycles. The van der Waals surface area contributed by atoms with Gasteiger partial charge < -0.3 is 29.4 Å². The zero-order valence-electron chi connectivity index (χ0n) is 34.3. The number of hydrogen-bond acceptors (Lipinski definition) is 7. The summed E-state index contributed by atoms with van der Waals surface area (Å²) in [7, 11) is -3.32. The average Bonchev–Trinajstić information content (AvgIpc) is 3.77. The molecule has 53 heavy (non-hydrogen) atoms. The first-order valence-corrected chi connectivity index (χ1v) is 22.5. The molecule has 0 saturated heterocycles. The Kier molecular flexibility index (Phi) is 13.6. The summed E-state index contributed by atoms with van der Waals surface area (Å²) in [6, 6.07) is 0.560. The fraction of sp³-hybridized carbons (Fsp3) is 0.771. The number of benzene rings is 1. The monoisotopic (exact) mass is 803 g/mol. The summed E-state index contributed by atoms with van der Waals surface area (Å²) < 4.78 is 135. The van der Waals surface area contributed by atoms with Gasteiger partial charge in [-0.3, -0.25) is 0 Å². The van der Waals surface area contributed by atoms with Gasteiger partial charge in [-0.05, 0) is 97.9 Å². The zero-order valence-corrected chi connectivity index (χ0v) is 34.2. The number of nitrogens with one attached hydrogen (secondary N) is 3. The van der Waals surface area contributed by atoms with Gasteiger partial charge in [0.1, 0.15) is 30.2 Å². The lowest BCUT2D eigenvalue weighted by atomic mass is 10.0. The van der Waals surface area contributed by atoms with Gasteiger partial charge in [0.2, 0.25) is 0 Å². The molecule has 304 valence electrons. The van der Waals surface area contributed by atoms with Crippen molar-refractivity contribution < 1.29 is 52.3 Å². The summed E-state index contributed by atoms with van der Waals surface area (Å²) in [5.41, 5.74) is 0.0160. The van der Waals surface area contributed by atoms with Crippen molar-refractivity contribution in [2.75, 3.05) is 13.1 Å². The number of aromatic nitrogens is 2. The van der Waals surface area contributed by atoms with E-state index in [-0.39, 0.29) is 24.0 Å². The van der Waals surface area contributed by atoms with Gasteiger partial charge in [-0.15, -0.1) is 0 Å². The fourth-order valence-corrected chi connectivity index (χ4v) is 6.73. The van der Waals surface area contributed by atoms with Crippen LogP contribution in [0.5, 0.6) is 0 Å². The maximum atomic E-state index is 14.3. The van der Waals surface area contributed by atoms with Gasteiger partial charge in [-0.1, -0.05) is 25.7 Å². The van der Waals surface area contributed by atoms with Crippen LogP contribution in [0.2, 0.25) is 25.7 Å². The first kappa shape index (κ1) is 41.9. The van der Waals surface area contributed by atoms with Gasteiger partial charge in [0.05, 0.1) is 32.9 Å². The first-order chi connectivity index (χ1) is 24.8. The first-order valence-electron chi connectivity index (χ1n) is 18.6. The van der Waals surface area contributed by atoms with Crippen LogP contribution in [0.1, 0.15) is 94.4 Å². The third-order valence-corrected chi connectivity index (χ3v) is 11.5. The summed E-state index contributed by atoms with van der Waals surface area (Å²) >= 11 is 0. The topological polar surface area (TPSA) is 116 Å². The van der Waals surface area contributed by atoms with Crippen LogP contribution in [-0.4, -0.2) is 82.0 Å². The predicted molar refractivity (Wildman–Crippen MR) is 196 cm³/mol. The van der Waals surface area contributed by atoms with Gasteiger partial charge in [0.15, 0.2) is 6.10 Å². The number of hydrogen-bond donors (Lipinski definition) is 3. The van der Waals surface area contributed by atoms with Crippen LogP contribution in [0.3, 0.4) is 0 Å². The number of halogens is 6. The number of amides is 1. The van der Waals surface area contributed by atoms with Crippen LogP contribution >= 0.6 is 0 Å². The summed E-state index contributed by atoms with van der Waals surface area (Å²) in [5, 5.41) is 4.17. The van der Waals surface area contributed by atoms with Crippen molar-refractivity contribution in [2.45, 2.75) is 154 Å². The Morgan fingerprint density at radius 2 is 1.68 bits per heavy atom. The number of imidazole rings is 1. The summed E-state index contributed by atoms with van der Waals surface area (Å²) in [5.74, 6) is -0.0973. The third kappa shape index (κ3) is 14.1. The van der Waals surface area contributed by atoms with Crippen LogP contribution in [-0.2, 0) is 31.9 Å². The van der Waals surface area contributed by atoms with Gasteiger partial charge in [-0.25, -0.2) is 18.7 Å². The summed E-state index contributed by atoms with van der Waals surface area (Å²) in [6.07, 6.45) is -13.5. The van der Waals surface area contributed by atoms with Crippen LogP contribution in [0, 0.1) is 5.92 Å². The second kappa shape index (κ2) is 17.3. The maximum Gasteiger partial charge on any atom is 0.414 e. The highest BCUT2D eigenvalue weighted by molar-refractivity contribution is 7.84. The highest BCUT2D eigenvalue weighted by Gasteiger charge is 2.44. The van der Waals surface area contributed by atoms with Crippen molar-refractivity contribution in [3.63, 3.8) is 0 Å². The number of ether oxygens (including phenoxy) is 3. The van der Waals surface area contributed by atoms with Crippen molar-refractivity contribution in [2.24, 2.45) is 5.92 Å². The molecule has 0 bridgehead atoms. The molecule has 1 saturated carbocycles. The second-order valence-electron chi connectivity index (χ2n) is 16.7. The highest BCUT2D eigenvalue weighted by atomic mass is 32.2. The second-order valence-corrected chi connectivity index (χ2v) is 24.3. The van der Waals surface area contributed by atoms with E-state index in [0.29, 0.717) is 30.5 Å². The zero-order chi connectivity index (χ0) is 42.1. The maximum absolute atomic E-state index is 14.3. The van der Waals surface area contributed by atoms with Crippen molar-refractivity contribution in [1.82, 2.24) is 24.9 Å². The molecule has 1 heterocycles. The lowest BCUT2D eigenvalue weighted by molar-refractivity contribution is -0.227. The Hall–Kier alpha value is -2.25. The third-order valence-electron chi connectivity index (χ3n) is 8.26. The van der Waals surface area contributed by atoms with Gasteiger partial charge in [0, 0.05) is 30.0 Å². The molecule has 18 heteroatoms. The predicted octanol–water partition coefficient (Wildman–Crippen LogP) is 8.29. The van der Waals surface area contributed by atoms with E-state index in [4.69, 9.17) is 21.9 Å². The Morgan fingerprint density at radius 3 is 2.19 bits per heavy atom. The number of fused-ring (bicyclic) bond motifs is 1. The standard InChI is InChI=1S/C35H57F6N5O5SSi/c1-21(50-22(2)34(36,37)38)28(45-52(48)33(6,7)8)30-43-25-18-24(14-15-26(25)46(30)20-49-16-17-53(9,10)11)29(23-12-13-23)42-19-27(35(39,40)41)44-31(47)51-32(3,4)5/h14-15,18,21-23,27-29,42,45H,12-13,16-17,19-20H2,1-11H3,(H,44,47)/t21-,22+,27?,28+,29-,52-/m1/s1/i19D2. The number of carbonyl (C=O) groups is 1. The molecule has 1 aliphatic rings. The Bertz CT molecular complexity index is 1640. The molecule has 1 aromatic carbocycles. The molecule has 0 aliphatic heterocycles. The number of nitrogens with zero attached hydrogens (tertiary/aromatic N) is 2. The van der Waals surface area contributed by atoms with E-state index in [1.54, 1.807) is 48.9 Å². The van der Waals surface area contributed by atoms with E-state index >= 15 is 0 Å². The molecule has 2 aromatic rings. The van der Waals surface area contributed by atoms with Crippen molar-refractivity contribution >= 4 is 36.2 Å². The van der Waals surface area contributed by atoms with Gasteiger partial charge in [0.25, 0.3) is 0 Å². The number of alkyl halides is 6. The van der Waals surface area contributed by atoms with Crippen molar-refractivity contribution in [1.29, 1.82) is 0 Å². The van der Waals surface area contributed by atoms with E-state index in [1.807, 2.05) is 0 Å². The average molecular weight is 804 g/mol. The van der Waals surface area contributed by atoms with Crippen LogP contribution in [0.25, 0.3) is 11.0 Å². The molecule has 6 atom stereocenters. The lowest BCUT2D eigenvalue weighted by Gasteiger charge is -2.30. The SMILES string of the molecule is [2H]C([2H])(N[C@@H](c1ccc2c(c1)nc([C@@H](N[S@](=O)C(C)(C)C)[C@@H](C)O[C@@H](C)C(F)(F)F)n2COCC[Si](C)(C)C)C1CC1)C(NC(=O)OC(C)(C)C)C(F)(F)F. The van der Waals surface area contributed by atoms with Crippen molar-refractivity contribution in [3.05, 3.63) is 29.6 Å².